The fourth-order valence-electron chi connectivity index (χ4n) is 5.75. The summed E-state index contributed by atoms with van der Waals surface area (Å²) < 4.78 is 17.1. The maximum atomic E-state index is 13.2. The predicted molar refractivity (Wildman–Crippen MR) is 151 cm³/mol. The topological polar surface area (TPSA) is 85.3 Å². The molecular weight excluding hydrogens is 494 g/mol. The molecular formula is C32H43NO6. The molecule has 0 heterocycles. The van der Waals surface area contributed by atoms with E-state index in [9.17, 15) is 14.7 Å². The van der Waals surface area contributed by atoms with Crippen molar-refractivity contribution < 1.29 is 28.9 Å². The monoisotopic (exact) mass is 537 g/mol. The molecule has 1 amide bonds. The highest BCUT2D eigenvalue weighted by Gasteiger charge is 2.20. The SMILES string of the molecule is CCOC(Cc1ccc(OCCN(CCCC2CCCCC2)C(=O)Oc2ccc3c(c2)CCC3)cc1)C(=O)O. The summed E-state index contributed by atoms with van der Waals surface area (Å²) in [6, 6.07) is 13.4. The first-order valence-corrected chi connectivity index (χ1v) is 14.7. The Morgan fingerprint density at radius 2 is 1.69 bits per heavy atom. The van der Waals surface area contributed by atoms with Gasteiger partial charge in [0.1, 0.15) is 18.1 Å². The number of benzene rings is 2. The minimum absolute atomic E-state index is 0.298. The van der Waals surface area contributed by atoms with Gasteiger partial charge in [-0.2, -0.15) is 0 Å². The van der Waals surface area contributed by atoms with Gasteiger partial charge in [-0.25, -0.2) is 9.59 Å². The fourth-order valence-corrected chi connectivity index (χ4v) is 5.75. The highest BCUT2D eigenvalue weighted by molar-refractivity contribution is 5.72. The zero-order chi connectivity index (χ0) is 27.5. The van der Waals surface area contributed by atoms with Crippen LogP contribution >= 0.6 is 0 Å². The highest BCUT2D eigenvalue weighted by Crippen LogP contribution is 2.28. The molecule has 1 saturated carbocycles. The van der Waals surface area contributed by atoms with E-state index >= 15 is 0 Å². The van der Waals surface area contributed by atoms with Crippen LogP contribution in [0, 0.1) is 5.92 Å². The first-order chi connectivity index (χ1) is 19.0. The van der Waals surface area contributed by atoms with Crippen LogP contribution in [-0.2, 0) is 28.8 Å². The summed E-state index contributed by atoms with van der Waals surface area (Å²) in [6.45, 7) is 3.56. The lowest BCUT2D eigenvalue weighted by Gasteiger charge is -2.25. The third-order valence-corrected chi connectivity index (χ3v) is 7.92. The van der Waals surface area contributed by atoms with Gasteiger partial charge in [0, 0.05) is 19.6 Å². The van der Waals surface area contributed by atoms with E-state index < -0.39 is 12.1 Å². The maximum Gasteiger partial charge on any atom is 0.415 e. The van der Waals surface area contributed by atoms with Crippen LogP contribution in [0.4, 0.5) is 4.79 Å². The second kappa shape index (κ2) is 14.9. The van der Waals surface area contributed by atoms with Gasteiger partial charge in [0.15, 0.2) is 6.10 Å². The van der Waals surface area contributed by atoms with Crippen molar-refractivity contribution in [2.75, 3.05) is 26.3 Å². The van der Waals surface area contributed by atoms with Crippen molar-refractivity contribution in [2.24, 2.45) is 5.92 Å². The molecule has 0 saturated heterocycles. The van der Waals surface area contributed by atoms with Crippen LogP contribution in [0.25, 0.3) is 0 Å². The van der Waals surface area contributed by atoms with Crippen molar-refractivity contribution in [2.45, 2.75) is 83.7 Å². The van der Waals surface area contributed by atoms with Gasteiger partial charge in [-0.15, -0.1) is 0 Å². The molecule has 1 unspecified atom stereocenters. The molecule has 0 aromatic heterocycles. The van der Waals surface area contributed by atoms with E-state index in [-0.39, 0.29) is 6.09 Å². The molecule has 1 atom stereocenters. The number of hydrogen-bond acceptors (Lipinski definition) is 5. The standard InChI is InChI=1S/C32H43NO6/c1-2-37-30(31(34)35)22-25-13-16-28(17-14-25)38-21-20-33(19-7-10-24-8-4-3-5-9-24)32(36)39-29-18-15-26-11-6-12-27(26)23-29/h13-18,23-24,30H,2-12,19-22H2,1H3,(H,34,35). The Morgan fingerprint density at radius 3 is 2.44 bits per heavy atom. The lowest BCUT2D eigenvalue weighted by Crippen LogP contribution is -2.37. The number of carboxylic acid groups (broad SMARTS) is 1. The summed E-state index contributed by atoms with van der Waals surface area (Å²) in [5, 5.41) is 9.31. The summed E-state index contributed by atoms with van der Waals surface area (Å²) >= 11 is 0. The van der Waals surface area contributed by atoms with E-state index in [1.807, 2.05) is 36.4 Å². The van der Waals surface area contributed by atoms with Crippen LogP contribution in [0.15, 0.2) is 42.5 Å². The molecule has 39 heavy (non-hydrogen) atoms. The molecule has 7 heteroatoms. The minimum Gasteiger partial charge on any atom is -0.492 e. The molecule has 7 nitrogen and oxygen atoms in total. The first-order valence-electron chi connectivity index (χ1n) is 14.7. The average molecular weight is 538 g/mol. The quantitative estimate of drug-likeness (QED) is 0.298. The van der Waals surface area contributed by atoms with E-state index in [1.54, 1.807) is 11.8 Å². The molecule has 2 aliphatic rings. The lowest BCUT2D eigenvalue weighted by molar-refractivity contribution is -0.149. The Labute approximate surface area is 232 Å². The molecule has 2 aromatic rings. The van der Waals surface area contributed by atoms with E-state index in [2.05, 4.69) is 6.07 Å². The van der Waals surface area contributed by atoms with Crippen LogP contribution in [-0.4, -0.2) is 54.5 Å². The van der Waals surface area contributed by atoms with Gasteiger partial charge >= 0.3 is 12.1 Å². The third kappa shape index (κ3) is 8.99. The number of carboxylic acids is 1. The molecule has 2 aromatic carbocycles. The van der Waals surface area contributed by atoms with Crippen LogP contribution in [0.1, 0.15) is 75.0 Å². The molecule has 212 valence electrons. The van der Waals surface area contributed by atoms with Crippen LogP contribution < -0.4 is 9.47 Å². The molecule has 4 rings (SSSR count). The van der Waals surface area contributed by atoms with E-state index in [0.29, 0.717) is 44.2 Å². The van der Waals surface area contributed by atoms with Gasteiger partial charge < -0.3 is 24.2 Å². The number of carbonyl (C=O) groups is 2. The number of nitrogens with zero attached hydrogens (tertiary/aromatic N) is 1. The van der Waals surface area contributed by atoms with Gasteiger partial charge in [0.05, 0.1) is 6.54 Å². The van der Waals surface area contributed by atoms with Crippen LogP contribution in [0.3, 0.4) is 0 Å². The second-order valence-electron chi connectivity index (χ2n) is 10.8. The summed E-state index contributed by atoms with van der Waals surface area (Å²) in [5.74, 6) is 1.09. The summed E-state index contributed by atoms with van der Waals surface area (Å²) in [5.41, 5.74) is 3.51. The van der Waals surface area contributed by atoms with Crippen molar-refractivity contribution >= 4 is 12.1 Å². The molecule has 0 radical (unpaired) electrons. The van der Waals surface area contributed by atoms with Gasteiger partial charge in [-0.1, -0.05) is 50.3 Å². The van der Waals surface area contributed by atoms with Crippen molar-refractivity contribution in [3.05, 3.63) is 59.2 Å². The largest absolute Gasteiger partial charge is 0.492 e. The molecule has 0 aliphatic heterocycles. The molecule has 0 bridgehead atoms. The average Bonchev–Trinajstić information content (AvgIpc) is 3.41. The van der Waals surface area contributed by atoms with Crippen LogP contribution in [0.2, 0.25) is 0 Å². The Balaban J connectivity index is 1.30. The molecule has 1 N–H and O–H groups in total. The normalized spacial score (nSPS) is 15.9. The molecule has 0 spiro atoms. The fraction of sp³-hybridized carbons (Fsp3) is 0.562. The van der Waals surface area contributed by atoms with Gasteiger partial charge in [0.25, 0.3) is 0 Å². The highest BCUT2D eigenvalue weighted by atomic mass is 16.6. The molecule has 1 fully saturated rings. The number of fused-ring (bicyclic) bond motifs is 1. The van der Waals surface area contributed by atoms with Crippen molar-refractivity contribution in [3.8, 4) is 11.5 Å². The Bertz CT molecular complexity index is 1060. The summed E-state index contributed by atoms with van der Waals surface area (Å²) in [7, 11) is 0. The zero-order valence-corrected chi connectivity index (χ0v) is 23.2. The van der Waals surface area contributed by atoms with Gasteiger partial charge in [0.2, 0.25) is 0 Å². The number of hydrogen-bond donors (Lipinski definition) is 1. The number of rotatable bonds is 14. The zero-order valence-electron chi connectivity index (χ0n) is 23.2. The predicted octanol–water partition coefficient (Wildman–Crippen LogP) is 6.45. The van der Waals surface area contributed by atoms with Crippen molar-refractivity contribution in [1.82, 2.24) is 4.90 Å². The number of amides is 1. The first kappa shape index (κ1) is 28.9. The lowest BCUT2D eigenvalue weighted by atomic mass is 9.86. The number of aryl methyl sites for hydroxylation is 2. The summed E-state index contributed by atoms with van der Waals surface area (Å²) in [4.78, 5) is 26.3. The second-order valence-corrected chi connectivity index (χ2v) is 10.8. The van der Waals surface area contributed by atoms with Crippen molar-refractivity contribution in [1.29, 1.82) is 0 Å². The third-order valence-electron chi connectivity index (χ3n) is 7.92. The minimum atomic E-state index is -0.965. The van der Waals surface area contributed by atoms with Crippen molar-refractivity contribution in [3.63, 3.8) is 0 Å². The number of aliphatic carboxylic acids is 1. The Morgan fingerprint density at radius 1 is 0.949 bits per heavy atom. The number of ether oxygens (including phenoxy) is 3. The van der Waals surface area contributed by atoms with Crippen LogP contribution in [0.5, 0.6) is 11.5 Å². The molecule has 2 aliphatic carbocycles. The van der Waals surface area contributed by atoms with Gasteiger partial charge in [-0.3, -0.25) is 0 Å². The van der Waals surface area contributed by atoms with Gasteiger partial charge in [-0.05, 0) is 85.9 Å². The number of carbonyl (C=O) groups excluding carboxylic acids is 1. The Kier molecular flexibility index (Phi) is 11.1. The van der Waals surface area contributed by atoms with E-state index in [4.69, 9.17) is 14.2 Å². The Hall–Kier alpha value is -3.06. The summed E-state index contributed by atoms with van der Waals surface area (Å²) in [6.07, 6.45) is 11.1. The smallest absolute Gasteiger partial charge is 0.415 e. The van der Waals surface area contributed by atoms with E-state index in [0.717, 1.165) is 43.6 Å². The van der Waals surface area contributed by atoms with E-state index in [1.165, 1.54) is 43.2 Å². The maximum absolute atomic E-state index is 13.2.